The topological polar surface area (TPSA) is 70.7 Å². The quantitative estimate of drug-likeness (QED) is 0.477. The van der Waals surface area contributed by atoms with E-state index < -0.39 is 23.6 Å². The molecule has 3 aromatic carbocycles. The van der Waals surface area contributed by atoms with Crippen LogP contribution >= 0.6 is 0 Å². The summed E-state index contributed by atoms with van der Waals surface area (Å²) >= 11 is 0. The number of hydrogen-bond donors (Lipinski definition) is 2. The van der Waals surface area contributed by atoms with Gasteiger partial charge in [0.05, 0.1) is 22.4 Å². The third-order valence-electron chi connectivity index (χ3n) is 4.80. The van der Waals surface area contributed by atoms with Gasteiger partial charge in [0.1, 0.15) is 12.4 Å². The number of alkyl halides is 3. The zero-order chi connectivity index (χ0) is 24.7. The van der Waals surface area contributed by atoms with Crippen LogP contribution in [0.3, 0.4) is 0 Å². The average molecular weight is 471 g/mol. The van der Waals surface area contributed by atoms with E-state index in [9.17, 15) is 22.8 Å². The van der Waals surface area contributed by atoms with Gasteiger partial charge in [0.15, 0.2) is 0 Å². The van der Waals surface area contributed by atoms with Crippen LogP contribution in [0.25, 0.3) is 0 Å². The number of nitrogens with one attached hydrogen (secondary N) is 2. The van der Waals surface area contributed by atoms with Crippen LogP contribution in [0.1, 0.15) is 26.3 Å². The van der Waals surface area contributed by atoms with Gasteiger partial charge < -0.3 is 20.3 Å². The van der Waals surface area contributed by atoms with Crippen LogP contribution in [0.5, 0.6) is 5.75 Å². The van der Waals surface area contributed by atoms with E-state index in [2.05, 4.69) is 10.6 Å². The first-order valence-electron chi connectivity index (χ1n) is 10.4. The minimum atomic E-state index is -4.53. The summed E-state index contributed by atoms with van der Waals surface area (Å²) in [5.41, 5.74) is -0.299. The number of benzene rings is 3. The smallest absolute Gasteiger partial charge is 0.416 e. The standard InChI is InChI=1S/C25H24F3N3O3/c1-31(2)14-15-34-22-13-6-4-11-20(22)24(33)30-21-12-5-3-10-19(21)23(32)29-18-9-7-8-17(16-18)25(26,27)28/h3-13,16H,14-15H2,1-2H3,(H,29,32)(H,30,33). The molecule has 178 valence electrons. The Bertz CT molecular complexity index is 1160. The number of hydrogen-bond acceptors (Lipinski definition) is 4. The minimum Gasteiger partial charge on any atom is -0.491 e. The number of carbonyl (C=O) groups is 2. The maximum atomic E-state index is 13.0. The van der Waals surface area contributed by atoms with Crippen molar-refractivity contribution in [3.8, 4) is 5.75 Å². The third kappa shape index (κ3) is 6.58. The van der Waals surface area contributed by atoms with Crippen molar-refractivity contribution in [2.45, 2.75) is 6.18 Å². The van der Waals surface area contributed by atoms with E-state index in [4.69, 9.17) is 4.74 Å². The van der Waals surface area contributed by atoms with Crippen molar-refractivity contribution in [2.24, 2.45) is 0 Å². The molecule has 0 aliphatic carbocycles. The lowest BCUT2D eigenvalue weighted by Gasteiger charge is -2.15. The molecule has 0 radical (unpaired) electrons. The fraction of sp³-hybridized carbons (Fsp3) is 0.200. The Labute approximate surface area is 195 Å². The van der Waals surface area contributed by atoms with Gasteiger partial charge in [-0.3, -0.25) is 9.59 Å². The molecule has 0 aliphatic heterocycles. The molecule has 0 bridgehead atoms. The SMILES string of the molecule is CN(C)CCOc1ccccc1C(=O)Nc1ccccc1C(=O)Nc1cccc(C(F)(F)F)c1. The van der Waals surface area contributed by atoms with Crippen LogP contribution in [-0.2, 0) is 6.18 Å². The molecule has 9 heteroatoms. The van der Waals surface area contributed by atoms with Gasteiger partial charge in [-0.25, -0.2) is 0 Å². The van der Waals surface area contributed by atoms with E-state index in [1.807, 2.05) is 19.0 Å². The Morgan fingerprint density at radius 1 is 0.853 bits per heavy atom. The van der Waals surface area contributed by atoms with Gasteiger partial charge in [0.2, 0.25) is 0 Å². The third-order valence-corrected chi connectivity index (χ3v) is 4.80. The Morgan fingerprint density at radius 3 is 2.21 bits per heavy atom. The van der Waals surface area contributed by atoms with Gasteiger partial charge >= 0.3 is 6.18 Å². The van der Waals surface area contributed by atoms with Crippen LogP contribution in [0.4, 0.5) is 24.5 Å². The second kappa shape index (κ2) is 10.8. The van der Waals surface area contributed by atoms with Crippen LogP contribution < -0.4 is 15.4 Å². The normalized spacial score (nSPS) is 11.2. The second-order valence-corrected chi connectivity index (χ2v) is 7.68. The molecule has 0 aromatic heterocycles. The minimum absolute atomic E-state index is 0.0133. The summed E-state index contributed by atoms with van der Waals surface area (Å²) < 4.78 is 44.6. The summed E-state index contributed by atoms with van der Waals surface area (Å²) in [6, 6.07) is 17.3. The fourth-order valence-electron chi connectivity index (χ4n) is 3.07. The van der Waals surface area contributed by atoms with Gasteiger partial charge in [-0.2, -0.15) is 13.2 Å². The van der Waals surface area contributed by atoms with Crippen LogP contribution in [0.15, 0.2) is 72.8 Å². The predicted molar refractivity (Wildman–Crippen MR) is 124 cm³/mol. The molecule has 3 rings (SSSR count). The van der Waals surface area contributed by atoms with E-state index >= 15 is 0 Å². The molecule has 0 atom stereocenters. The molecular weight excluding hydrogens is 447 g/mol. The molecule has 2 N–H and O–H groups in total. The van der Waals surface area contributed by atoms with E-state index in [1.165, 1.54) is 24.3 Å². The van der Waals surface area contributed by atoms with Gasteiger partial charge in [-0.05, 0) is 56.6 Å². The lowest BCUT2D eigenvalue weighted by atomic mass is 10.1. The molecule has 0 saturated heterocycles. The van der Waals surface area contributed by atoms with Crippen molar-refractivity contribution in [1.82, 2.24) is 4.90 Å². The summed E-state index contributed by atoms with van der Waals surface area (Å²) in [6.45, 7) is 1.04. The second-order valence-electron chi connectivity index (χ2n) is 7.68. The van der Waals surface area contributed by atoms with E-state index in [0.29, 0.717) is 18.9 Å². The lowest BCUT2D eigenvalue weighted by molar-refractivity contribution is -0.137. The largest absolute Gasteiger partial charge is 0.491 e. The fourth-order valence-corrected chi connectivity index (χ4v) is 3.07. The molecule has 2 amide bonds. The van der Waals surface area contributed by atoms with Crippen molar-refractivity contribution < 1.29 is 27.5 Å². The molecule has 3 aromatic rings. The Balaban J connectivity index is 1.78. The molecule has 0 unspecified atom stereocenters. The monoisotopic (exact) mass is 471 g/mol. The van der Waals surface area contributed by atoms with Crippen LogP contribution in [-0.4, -0.2) is 44.0 Å². The number of anilines is 2. The maximum Gasteiger partial charge on any atom is 0.416 e. The molecule has 34 heavy (non-hydrogen) atoms. The number of rotatable bonds is 8. The number of likely N-dealkylation sites (N-methyl/N-ethyl adjacent to an activating group) is 1. The Morgan fingerprint density at radius 2 is 1.50 bits per heavy atom. The predicted octanol–water partition coefficient (Wildman–Crippen LogP) is 5.15. The van der Waals surface area contributed by atoms with Gasteiger partial charge in [-0.1, -0.05) is 30.3 Å². The highest BCUT2D eigenvalue weighted by molar-refractivity contribution is 6.13. The zero-order valence-electron chi connectivity index (χ0n) is 18.6. The number of para-hydroxylation sites is 2. The average Bonchev–Trinajstić information content (AvgIpc) is 2.79. The van der Waals surface area contributed by atoms with E-state index in [1.54, 1.807) is 36.4 Å². The molecule has 0 saturated carbocycles. The Kier molecular flexibility index (Phi) is 7.91. The molecule has 0 aliphatic rings. The first-order valence-corrected chi connectivity index (χ1v) is 10.4. The number of nitrogens with zero attached hydrogens (tertiary/aromatic N) is 1. The summed E-state index contributed by atoms with van der Waals surface area (Å²) in [4.78, 5) is 27.7. The van der Waals surface area contributed by atoms with Gasteiger partial charge in [0, 0.05) is 12.2 Å². The highest BCUT2D eigenvalue weighted by atomic mass is 19.4. The zero-order valence-corrected chi connectivity index (χ0v) is 18.6. The van der Waals surface area contributed by atoms with Crippen molar-refractivity contribution in [3.63, 3.8) is 0 Å². The molecule has 6 nitrogen and oxygen atoms in total. The number of amides is 2. The number of ether oxygens (including phenoxy) is 1. The van der Waals surface area contributed by atoms with Crippen molar-refractivity contribution in [2.75, 3.05) is 37.9 Å². The van der Waals surface area contributed by atoms with Crippen molar-refractivity contribution in [3.05, 3.63) is 89.5 Å². The highest BCUT2D eigenvalue weighted by Crippen LogP contribution is 2.31. The van der Waals surface area contributed by atoms with Gasteiger partial charge in [-0.15, -0.1) is 0 Å². The number of carbonyl (C=O) groups excluding carboxylic acids is 2. The van der Waals surface area contributed by atoms with Crippen LogP contribution in [0, 0.1) is 0 Å². The molecule has 0 fully saturated rings. The van der Waals surface area contributed by atoms with E-state index in [-0.39, 0.29) is 22.5 Å². The molecule has 0 heterocycles. The first-order chi connectivity index (χ1) is 16.1. The highest BCUT2D eigenvalue weighted by Gasteiger charge is 2.30. The van der Waals surface area contributed by atoms with Gasteiger partial charge in [0.25, 0.3) is 11.8 Å². The molecular formula is C25H24F3N3O3. The van der Waals surface area contributed by atoms with Crippen molar-refractivity contribution in [1.29, 1.82) is 0 Å². The summed E-state index contributed by atoms with van der Waals surface area (Å²) in [5.74, 6) is -0.752. The summed E-state index contributed by atoms with van der Waals surface area (Å²) in [7, 11) is 3.81. The summed E-state index contributed by atoms with van der Waals surface area (Å²) in [6.07, 6.45) is -4.53. The lowest BCUT2D eigenvalue weighted by Crippen LogP contribution is -2.21. The number of halogens is 3. The van der Waals surface area contributed by atoms with Crippen molar-refractivity contribution >= 4 is 23.2 Å². The first kappa shape index (κ1) is 24.8. The Hall–Kier alpha value is -3.85. The van der Waals surface area contributed by atoms with E-state index in [0.717, 1.165) is 12.1 Å². The summed E-state index contributed by atoms with van der Waals surface area (Å²) in [5, 5.41) is 5.15. The maximum absolute atomic E-state index is 13.0. The molecule has 0 spiro atoms. The van der Waals surface area contributed by atoms with Crippen LogP contribution in [0.2, 0.25) is 0 Å².